The van der Waals surface area contributed by atoms with Gasteiger partial charge in [-0.15, -0.1) is 0 Å². The summed E-state index contributed by atoms with van der Waals surface area (Å²) in [6.07, 6.45) is 0.246. The van der Waals surface area contributed by atoms with Crippen molar-refractivity contribution in [1.82, 2.24) is 10.2 Å². The maximum atomic E-state index is 14.4. The Labute approximate surface area is 270 Å². The molecule has 236 valence electrons. The van der Waals surface area contributed by atoms with E-state index >= 15 is 0 Å². The summed E-state index contributed by atoms with van der Waals surface area (Å²) < 4.78 is 34.5. The van der Waals surface area contributed by atoms with E-state index in [9.17, 15) is 18.0 Å². The number of halogens is 1. The first-order valence-electron chi connectivity index (χ1n) is 14.7. The van der Waals surface area contributed by atoms with Crippen LogP contribution in [-0.2, 0) is 32.6 Å². The number of benzene rings is 4. The number of carbonyl (C=O) groups is 2. The second-order valence-electron chi connectivity index (χ2n) is 11.0. The predicted octanol–water partition coefficient (Wildman–Crippen LogP) is 5.96. The number of carbonyl (C=O) groups excluding carboxylic acids is 2. The summed E-state index contributed by atoms with van der Waals surface area (Å²) >= 11 is 6.13. The number of nitrogens with zero attached hydrogens (tertiary/aromatic N) is 2. The summed E-state index contributed by atoms with van der Waals surface area (Å²) in [6.45, 7) is 3.97. The van der Waals surface area contributed by atoms with E-state index in [1.54, 1.807) is 36.4 Å². The van der Waals surface area contributed by atoms with Crippen molar-refractivity contribution >= 4 is 39.1 Å². The van der Waals surface area contributed by atoms with Crippen molar-refractivity contribution in [3.05, 3.63) is 125 Å². The number of nitrogens with one attached hydrogen (secondary N) is 1. The molecule has 10 heteroatoms. The van der Waals surface area contributed by atoms with Gasteiger partial charge in [0.2, 0.25) is 11.8 Å². The van der Waals surface area contributed by atoms with Gasteiger partial charge in [0.05, 0.1) is 17.7 Å². The molecule has 0 fully saturated rings. The number of ether oxygens (including phenoxy) is 1. The fourth-order valence-corrected chi connectivity index (χ4v) is 6.31. The molecular weight excluding hydrogens is 610 g/mol. The molecule has 0 bridgehead atoms. The lowest BCUT2D eigenvalue weighted by Gasteiger charge is -2.34. The maximum absolute atomic E-state index is 14.4. The number of hydrogen-bond donors (Lipinski definition) is 1. The smallest absolute Gasteiger partial charge is 0.264 e. The van der Waals surface area contributed by atoms with Crippen LogP contribution in [0, 0.1) is 5.92 Å². The second-order valence-corrected chi connectivity index (χ2v) is 13.3. The number of sulfonamides is 1. The van der Waals surface area contributed by atoms with Gasteiger partial charge in [-0.25, -0.2) is 8.42 Å². The quantitative estimate of drug-likeness (QED) is 0.182. The van der Waals surface area contributed by atoms with E-state index in [-0.39, 0.29) is 35.4 Å². The molecule has 1 atom stereocenters. The van der Waals surface area contributed by atoms with Crippen molar-refractivity contribution in [2.45, 2.75) is 37.8 Å². The zero-order chi connectivity index (χ0) is 32.4. The van der Waals surface area contributed by atoms with Crippen LogP contribution < -0.4 is 14.4 Å². The normalized spacial score (nSPS) is 11.9. The predicted molar refractivity (Wildman–Crippen MR) is 178 cm³/mol. The van der Waals surface area contributed by atoms with Crippen molar-refractivity contribution in [1.29, 1.82) is 0 Å². The van der Waals surface area contributed by atoms with Gasteiger partial charge in [0.1, 0.15) is 18.3 Å². The van der Waals surface area contributed by atoms with Crippen molar-refractivity contribution in [3.63, 3.8) is 0 Å². The Hall–Kier alpha value is -4.34. The van der Waals surface area contributed by atoms with Gasteiger partial charge in [-0.3, -0.25) is 13.9 Å². The fourth-order valence-electron chi connectivity index (χ4n) is 4.77. The average molecular weight is 648 g/mol. The van der Waals surface area contributed by atoms with E-state index in [2.05, 4.69) is 5.32 Å². The van der Waals surface area contributed by atoms with E-state index in [0.29, 0.717) is 17.3 Å². The van der Waals surface area contributed by atoms with Gasteiger partial charge in [0.15, 0.2) is 0 Å². The minimum atomic E-state index is -4.23. The summed E-state index contributed by atoms with van der Waals surface area (Å²) in [5, 5.41) is 3.41. The van der Waals surface area contributed by atoms with E-state index in [1.807, 2.05) is 74.5 Å². The maximum Gasteiger partial charge on any atom is 0.264 e. The van der Waals surface area contributed by atoms with E-state index in [4.69, 9.17) is 16.3 Å². The third kappa shape index (κ3) is 9.09. The van der Waals surface area contributed by atoms with Gasteiger partial charge < -0.3 is 15.0 Å². The zero-order valence-corrected chi connectivity index (χ0v) is 27.2. The van der Waals surface area contributed by atoms with Gasteiger partial charge in [0.25, 0.3) is 10.0 Å². The first-order valence-corrected chi connectivity index (χ1v) is 16.5. The highest BCUT2D eigenvalue weighted by Crippen LogP contribution is 2.27. The second kappa shape index (κ2) is 15.6. The van der Waals surface area contributed by atoms with Crippen LogP contribution in [0.1, 0.15) is 25.0 Å². The molecule has 4 rings (SSSR count). The summed E-state index contributed by atoms with van der Waals surface area (Å²) in [6, 6.07) is 30.1. The van der Waals surface area contributed by atoms with Crippen LogP contribution in [0.3, 0.4) is 0 Å². The van der Waals surface area contributed by atoms with Crippen LogP contribution in [0.5, 0.6) is 5.75 Å². The van der Waals surface area contributed by atoms with Gasteiger partial charge in [0, 0.05) is 24.5 Å². The average Bonchev–Trinajstić information content (AvgIpc) is 3.05. The van der Waals surface area contributed by atoms with Crippen molar-refractivity contribution in [2.24, 2.45) is 5.92 Å². The summed E-state index contributed by atoms with van der Waals surface area (Å²) in [7, 11) is -2.74. The monoisotopic (exact) mass is 647 g/mol. The van der Waals surface area contributed by atoms with Gasteiger partial charge in [-0.2, -0.15) is 0 Å². The minimum Gasteiger partial charge on any atom is -0.497 e. The molecule has 2 amide bonds. The molecule has 0 saturated heterocycles. The minimum absolute atomic E-state index is 0.0174. The Bertz CT molecular complexity index is 1650. The first-order chi connectivity index (χ1) is 21.6. The van der Waals surface area contributed by atoms with E-state index in [0.717, 1.165) is 15.4 Å². The molecular formula is C35H38ClN3O5S. The van der Waals surface area contributed by atoms with Crippen LogP contribution in [0.25, 0.3) is 0 Å². The van der Waals surface area contributed by atoms with E-state index in [1.165, 1.54) is 24.1 Å². The third-order valence-electron chi connectivity index (χ3n) is 7.19. The Morgan fingerprint density at radius 1 is 0.822 bits per heavy atom. The van der Waals surface area contributed by atoms with Gasteiger partial charge in [-0.05, 0) is 65.6 Å². The van der Waals surface area contributed by atoms with Crippen LogP contribution in [0.2, 0.25) is 5.02 Å². The fraction of sp³-hybridized carbons (Fsp3) is 0.257. The summed E-state index contributed by atoms with van der Waals surface area (Å²) in [4.78, 5) is 29.7. The molecule has 8 nitrogen and oxygen atoms in total. The van der Waals surface area contributed by atoms with Crippen molar-refractivity contribution < 1.29 is 22.7 Å². The molecule has 0 aromatic heterocycles. The number of anilines is 1. The lowest BCUT2D eigenvalue weighted by Crippen LogP contribution is -2.53. The molecule has 1 unspecified atom stereocenters. The molecule has 4 aromatic carbocycles. The van der Waals surface area contributed by atoms with Crippen molar-refractivity contribution in [3.8, 4) is 5.75 Å². The number of methoxy groups -OCH3 is 1. The summed E-state index contributed by atoms with van der Waals surface area (Å²) in [5.41, 5.74) is 1.93. The zero-order valence-electron chi connectivity index (χ0n) is 25.6. The standard InChI is InChI=1S/C35H38ClN3O5S/c1-26(2)23-37-35(41)33(22-27-10-6-4-7-11-27)38(24-28-12-8-5-9-13-28)34(40)25-39(30-16-14-29(36)15-17-30)45(42,43)32-20-18-31(44-3)19-21-32/h4-21,26,33H,22-25H2,1-3H3,(H,37,41). The van der Waals surface area contributed by atoms with Crippen LogP contribution >= 0.6 is 11.6 Å². The largest absolute Gasteiger partial charge is 0.497 e. The van der Waals surface area contributed by atoms with Crippen LogP contribution in [0.4, 0.5) is 5.69 Å². The highest BCUT2D eigenvalue weighted by Gasteiger charge is 2.34. The molecule has 0 radical (unpaired) electrons. The third-order valence-corrected chi connectivity index (χ3v) is 9.23. The number of hydrogen-bond acceptors (Lipinski definition) is 5. The molecule has 0 spiro atoms. The van der Waals surface area contributed by atoms with Gasteiger partial charge in [-0.1, -0.05) is 86.1 Å². The van der Waals surface area contributed by atoms with Crippen LogP contribution in [-0.4, -0.2) is 51.4 Å². The highest BCUT2D eigenvalue weighted by atomic mass is 35.5. The Morgan fingerprint density at radius 3 is 1.96 bits per heavy atom. The summed E-state index contributed by atoms with van der Waals surface area (Å²) in [5.74, 6) is -0.160. The Kier molecular flexibility index (Phi) is 11.6. The number of rotatable bonds is 14. The molecule has 0 aliphatic heterocycles. The van der Waals surface area contributed by atoms with Gasteiger partial charge >= 0.3 is 0 Å². The molecule has 1 N–H and O–H groups in total. The van der Waals surface area contributed by atoms with Crippen molar-refractivity contribution in [2.75, 3.05) is 24.5 Å². The molecule has 0 aliphatic rings. The molecule has 0 aliphatic carbocycles. The molecule has 4 aromatic rings. The molecule has 45 heavy (non-hydrogen) atoms. The SMILES string of the molecule is COc1ccc(S(=O)(=O)N(CC(=O)N(Cc2ccccc2)C(Cc2ccccc2)C(=O)NCC(C)C)c2ccc(Cl)cc2)cc1. The highest BCUT2D eigenvalue weighted by molar-refractivity contribution is 7.92. The Morgan fingerprint density at radius 2 is 1.40 bits per heavy atom. The van der Waals surface area contributed by atoms with Crippen LogP contribution in [0.15, 0.2) is 114 Å². The Balaban J connectivity index is 1.78. The molecule has 0 heterocycles. The lowest BCUT2D eigenvalue weighted by molar-refractivity contribution is -0.140. The topological polar surface area (TPSA) is 96.0 Å². The first kappa shape index (κ1) is 33.6. The van der Waals surface area contributed by atoms with E-state index < -0.39 is 28.5 Å². The number of amides is 2. The molecule has 0 saturated carbocycles. The lowest BCUT2D eigenvalue weighted by atomic mass is 10.0.